The van der Waals surface area contributed by atoms with Crippen LogP contribution >= 0.6 is 11.3 Å². The van der Waals surface area contributed by atoms with Crippen molar-refractivity contribution < 1.29 is 27.4 Å². The zero-order chi connectivity index (χ0) is 15.5. The highest BCUT2D eigenvalue weighted by Crippen LogP contribution is 2.29. The summed E-state index contributed by atoms with van der Waals surface area (Å²) in [6.07, 6.45) is -5.18. The number of rotatable bonds is 5. The third kappa shape index (κ3) is 4.19. The van der Waals surface area contributed by atoms with Crippen molar-refractivity contribution in [2.24, 2.45) is 0 Å². The Kier molecular flexibility index (Phi) is 4.46. The third-order valence-electron chi connectivity index (χ3n) is 2.51. The molecular weight excluding hydrogens is 307 g/mol. The molecule has 0 saturated carbocycles. The van der Waals surface area contributed by atoms with E-state index < -0.39 is 12.5 Å². The van der Waals surface area contributed by atoms with Gasteiger partial charge in [0.15, 0.2) is 6.10 Å². The number of nitrogens with zero attached hydrogens (tertiary/aromatic N) is 1. The summed E-state index contributed by atoms with van der Waals surface area (Å²) in [6, 6.07) is 5.39. The molecule has 1 heterocycles. The van der Waals surface area contributed by atoms with Crippen molar-refractivity contribution in [3.8, 4) is 17.0 Å². The number of thiazole rings is 1. The zero-order valence-electron chi connectivity index (χ0n) is 10.8. The normalized spacial score (nSPS) is 12.8. The van der Waals surface area contributed by atoms with Crippen LogP contribution in [0.1, 0.15) is 18.0 Å². The maximum Gasteiger partial charge on any atom is 0.573 e. The summed E-state index contributed by atoms with van der Waals surface area (Å²) in [5.41, 5.74) is 1.24. The molecule has 0 bridgehead atoms. The van der Waals surface area contributed by atoms with Gasteiger partial charge in [-0.1, -0.05) is 0 Å². The van der Waals surface area contributed by atoms with Gasteiger partial charge in [-0.05, 0) is 31.2 Å². The predicted octanol–water partition coefficient (Wildman–Crippen LogP) is 3.94. The highest BCUT2D eigenvalue weighted by atomic mass is 32.1. The van der Waals surface area contributed by atoms with Gasteiger partial charge >= 0.3 is 6.36 Å². The number of hydrogen-bond donors (Lipinski definition) is 0. The van der Waals surface area contributed by atoms with Gasteiger partial charge in [0.25, 0.3) is 6.47 Å². The molecule has 1 aromatic carbocycles. The van der Waals surface area contributed by atoms with Crippen LogP contribution < -0.4 is 4.74 Å². The lowest BCUT2D eigenvalue weighted by Gasteiger charge is -2.08. The van der Waals surface area contributed by atoms with Crippen molar-refractivity contribution in [2.75, 3.05) is 0 Å². The summed E-state index contributed by atoms with van der Waals surface area (Å²) in [5, 5.41) is 2.34. The van der Waals surface area contributed by atoms with Crippen LogP contribution in [0.25, 0.3) is 11.3 Å². The number of alkyl halides is 3. The molecular formula is C13H10F3NO3S. The second kappa shape index (κ2) is 6.13. The minimum Gasteiger partial charge on any atom is -0.457 e. The number of benzene rings is 1. The third-order valence-corrected chi connectivity index (χ3v) is 3.52. The van der Waals surface area contributed by atoms with Crippen molar-refractivity contribution in [1.82, 2.24) is 4.98 Å². The first-order chi connectivity index (χ1) is 9.89. The Morgan fingerprint density at radius 1 is 1.29 bits per heavy atom. The molecule has 2 aromatic rings. The molecule has 0 amide bonds. The molecule has 0 N–H and O–H groups in total. The van der Waals surface area contributed by atoms with E-state index in [1.807, 2.05) is 0 Å². The Bertz CT molecular complexity index is 610. The topological polar surface area (TPSA) is 48.4 Å². The molecule has 8 heteroatoms. The van der Waals surface area contributed by atoms with Crippen LogP contribution in [0.5, 0.6) is 5.75 Å². The van der Waals surface area contributed by atoms with Gasteiger partial charge in [-0.3, -0.25) is 4.79 Å². The van der Waals surface area contributed by atoms with Crippen molar-refractivity contribution >= 4 is 17.8 Å². The smallest absolute Gasteiger partial charge is 0.457 e. The van der Waals surface area contributed by atoms with E-state index >= 15 is 0 Å². The zero-order valence-corrected chi connectivity index (χ0v) is 11.6. The quantitative estimate of drug-likeness (QED) is 0.784. The Balaban J connectivity index is 2.14. The van der Waals surface area contributed by atoms with Gasteiger partial charge in [-0.2, -0.15) is 0 Å². The first-order valence-electron chi connectivity index (χ1n) is 5.80. The Labute approximate surface area is 122 Å². The molecule has 4 nitrogen and oxygen atoms in total. The number of halogens is 3. The van der Waals surface area contributed by atoms with Crippen LogP contribution in [0.15, 0.2) is 29.6 Å². The maximum atomic E-state index is 12.1. The fraction of sp³-hybridized carbons (Fsp3) is 0.231. The lowest BCUT2D eigenvalue weighted by molar-refractivity contribution is -0.274. The summed E-state index contributed by atoms with van der Waals surface area (Å²) in [6.45, 7) is 2.02. The molecule has 0 aliphatic carbocycles. The lowest BCUT2D eigenvalue weighted by Crippen LogP contribution is -2.16. The van der Waals surface area contributed by atoms with E-state index in [0.717, 1.165) is 0 Å². The standard InChI is InChI=1S/C13H10F3NO3S/c1-8(19-7-18)12-17-11(6-21-12)9-2-4-10(5-3-9)20-13(14,15)16/h2-8H,1H3. The Hall–Kier alpha value is -2.09. The van der Waals surface area contributed by atoms with E-state index in [2.05, 4.69) is 9.72 Å². The summed E-state index contributed by atoms with van der Waals surface area (Å²) in [5.74, 6) is -0.292. The van der Waals surface area contributed by atoms with Gasteiger partial charge in [-0.25, -0.2) is 4.98 Å². The van der Waals surface area contributed by atoms with E-state index in [0.29, 0.717) is 22.7 Å². The molecule has 1 unspecified atom stereocenters. The molecule has 0 fully saturated rings. The van der Waals surface area contributed by atoms with Crippen LogP contribution in [-0.2, 0) is 9.53 Å². The number of hydrogen-bond acceptors (Lipinski definition) is 5. The fourth-order valence-corrected chi connectivity index (χ4v) is 2.40. The number of carbonyl (C=O) groups excluding carboxylic acids is 1. The second-order valence-electron chi connectivity index (χ2n) is 4.02. The van der Waals surface area contributed by atoms with E-state index in [1.165, 1.54) is 35.6 Å². The Morgan fingerprint density at radius 3 is 2.52 bits per heavy atom. The molecule has 0 spiro atoms. The van der Waals surface area contributed by atoms with Crippen LogP contribution in [0.3, 0.4) is 0 Å². The summed E-state index contributed by atoms with van der Waals surface area (Å²) < 4.78 is 44.7. The van der Waals surface area contributed by atoms with Gasteiger partial charge in [-0.15, -0.1) is 24.5 Å². The summed E-state index contributed by atoms with van der Waals surface area (Å²) >= 11 is 1.30. The van der Waals surface area contributed by atoms with Crippen LogP contribution in [0, 0.1) is 0 Å². The van der Waals surface area contributed by atoms with Crippen LogP contribution in [0.4, 0.5) is 13.2 Å². The van der Waals surface area contributed by atoms with Gasteiger partial charge in [0.2, 0.25) is 0 Å². The van der Waals surface area contributed by atoms with E-state index in [-0.39, 0.29) is 5.75 Å². The molecule has 0 aliphatic rings. The first kappa shape index (κ1) is 15.3. The lowest BCUT2D eigenvalue weighted by atomic mass is 10.2. The molecule has 1 aromatic heterocycles. The Morgan fingerprint density at radius 2 is 1.95 bits per heavy atom. The molecule has 112 valence electrons. The van der Waals surface area contributed by atoms with Gasteiger partial charge in [0, 0.05) is 10.9 Å². The maximum absolute atomic E-state index is 12.1. The van der Waals surface area contributed by atoms with Crippen LogP contribution in [0.2, 0.25) is 0 Å². The average molecular weight is 317 g/mol. The van der Waals surface area contributed by atoms with Crippen molar-refractivity contribution in [3.63, 3.8) is 0 Å². The highest BCUT2D eigenvalue weighted by molar-refractivity contribution is 7.10. The van der Waals surface area contributed by atoms with Gasteiger partial charge in [0.05, 0.1) is 5.69 Å². The van der Waals surface area contributed by atoms with Crippen molar-refractivity contribution in [2.45, 2.75) is 19.4 Å². The SMILES string of the molecule is CC(OC=O)c1nc(-c2ccc(OC(F)(F)F)cc2)cs1. The molecule has 1 atom stereocenters. The second-order valence-corrected chi connectivity index (χ2v) is 4.91. The predicted molar refractivity (Wildman–Crippen MR) is 69.8 cm³/mol. The minimum absolute atomic E-state index is 0.292. The molecule has 2 rings (SSSR count). The van der Waals surface area contributed by atoms with Crippen LogP contribution in [-0.4, -0.2) is 17.8 Å². The van der Waals surface area contributed by atoms with Crippen molar-refractivity contribution in [1.29, 1.82) is 0 Å². The van der Waals surface area contributed by atoms with Gasteiger partial charge < -0.3 is 9.47 Å². The molecule has 0 radical (unpaired) electrons. The monoisotopic (exact) mass is 317 g/mol. The number of carbonyl (C=O) groups is 1. The minimum atomic E-state index is -4.71. The highest BCUT2D eigenvalue weighted by Gasteiger charge is 2.31. The first-order valence-corrected chi connectivity index (χ1v) is 6.68. The van der Waals surface area contributed by atoms with E-state index in [4.69, 9.17) is 4.74 Å². The largest absolute Gasteiger partial charge is 0.573 e. The average Bonchev–Trinajstić information content (AvgIpc) is 2.87. The number of aromatic nitrogens is 1. The number of ether oxygens (including phenoxy) is 2. The fourth-order valence-electron chi connectivity index (χ4n) is 1.58. The van der Waals surface area contributed by atoms with Crippen molar-refractivity contribution in [3.05, 3.63) is 34.7 Å². The molecule has 0 saturated heterocycles. The van der Waals surface area contributed by atoms with E-state index in [1.54, 1.807) is 12.3 Å². The summed E-state index contributed by atoms with van der Waals surface area (Å²) in [4.78, 5) is 14.5. The van der Waals surface area contributed by atoms with Gasteiger partial charge in [0.1, 0.15) is 10.8 Å². The molecule has 0 aliphatic heterocycles. The van der Waals surface area contributed by atoms with E-state index in [9.17, 15) is 18.0 Å². The molecule has 21 heavy (non-hydrogen) atoms. The summed E-state index contributed by atoms with van der Waals surface area (Å²) in [7, 11) is 0.